The number of halogens is 2. The van der Waals surface area contributed by atoms with Gasteiger partial charge >= 0.3 is 0 Å². The van der Waals surface area contributed by atoms with Gasteiger partial charge in [0.25, 0.3) is 15.7 Å². The number of nitro benzene ring substituents is 1. The summed E-state index contributed by atoms with van der Waals surface area (Å²) in [6.45, 7) is 1.52. The Morgan fingerprint density at radius 3 is 2.45 bits per heavy atom. The molecule has 0 unspecified atom stereocenters. The molecule has 0 bridgehead atoms. The SMILES string of the molecule is Cc1ccc([N+](=O)[O-])cc1NS(=O)(=O)c1cc(F)ccc1F. The van der Waals surface area contributed by atoms with Gasteiger partial charge in [-0.05, 0) is 30.7 Å². The summed E-state index contributed by atoms with van der Waals surface area (Å²) >= 11 is 0. The Balaban J connectivity index is 2.47. The van der Waals surface area contributed by atoms with Crippen LogP contribution in [0.2, 0.25) is 0 Å². The van der Waals surface area contributed by atoms with Crippen molar-refractivity contribution in [1.29, 1.82) is 0 Å². The van der Waals surface area contributed by atoms with Crippen molar-refractivity contribution < 1.29 is 22.1 Å². The maximum absolute atomic E-state index is 13.6. The van der Waals surface area contributed by atoms with Gasteiger partial charge in [-0.1, -0.05) is 6.07 Å². The number of sulfonamides is 1. The Morgan fingerprint density at radius 1 is 1.14 bits per heavy atom. The van der Waals surface area contributed by atoms with E-state index in [1.807, 2.05) is 4.72 Å². The van der Waals surface area contributed by atoms with Crippen molar-refractivity contribution in [3.05, 3.63) is 63.7 Å². The smallest absolute Gasteiger partial charge is 0.271 e. The zero-order valence-corrected chi connectivity index (χ0v) is 12.0. The number of nitrogens with zero attached hydrogens (tertiary/aromatic N) is 1. The van der Waals surface area contributed by atoms with Crippen molar-refractivity contribution in [2.45, 2.75) is 11.8 Å². The quantitative estimate of drug-likeness (QED) is 0.690. The molecule has 0 atom stereocenters. The van der Waals surface area contributed by atoms with Crippen LogP contribution in [0.25, 0.3) is 0 Å². The number of nitro groups is 1. The molecule has 0 saturated carbocycles. The number of rotatable bonds is 4. The zero-order valence-electron chi connectivity index (χ0n) is 11.2. The minimum absolute atomic E-state index is 0.0853. The third-order valence-corrected chi connectivity index (χ3v) is 4.24. The fraction of sp³-hybridized carbons (Fsp3) is 0.0769. The molecular formula is C13H10F2N2O4S. The lowest BCUT2D eigenvalue weighted by Gasteiger charge is -2.11. The maximum atomic E-state index is 13.6. The van der Waals surface area contributed by atoms with Crippen molar-refractivity contribution in [3.8, 4) is 0 Å². The molecule has 0 radical (unpaired) electrons. The monoisotopic (exact) mass is 328 g/mol. The standard InChI is InChI=1S/C13H10F2N2O4S/c1-8-2-4-10(17(18)19)7-12(8)16-22(20,21)13-6-9(14)3-5-11(13)15/h2-7,16H,1H3. The third-order valence-electron chi connectivity index (χ3n) is 2.86. The molecular weight excluding hydrogens is 318 g/mol. The molecule has 0 spiro atoms. The lowest BCUT2D eigenvalue weighted by molar-refractivity contribution is -0.384. The number of benzene rings is 2. The van der Waals surface area contributed by atoms with Crippen LogP contribution < -0.4 is 4.72 Å². The van der Waals surface area contributed by atoms with Gasteiger partial charge in [-0.15, -0.1) is 0 Å². The largest absolute Gasteiger partial charge is 0.279 e. The minimum atomic E-state index is -4.42. The lowest BCUT2D eigenvalue weighted by atomic mass is 10.2. The predicted octanol–water partition coefficient (Wildman–Crippen LogP) is 2.98. The topological polar surface area (TPSA) is 89.3 Å². The van der Waals surface area contributed by atoms with Crippen molar-refractivity contribution in [1.82, 2.24) is 0 Å². The first-order chi connectivity index (χ1) is 10.2. The van der Waals surface area contributed by atoms with Crippen LogP contribution in [0.1, 0.15) is 5.56 Å². The summed E-state index contributed by atoms with van der Waals surface area (Å²) in [7, 11) is -4.42. The molecule has 116 valence electrons. The predicted molar refractivity (Wildman–Crippen MR) is 75.0 cm³/mol. The Kier molecular flexibility index (Phi) is 4.09. The molecule has 22 heavy (non-hydrogen) atoms. The molecule has 0 aliphatic rings. The van der Waals surface area contributed by atoms with Crippen LogP contribution in [0, 0.1) is 28.7 Å². The van der Waals surface area contributed by atoms with E-state index in [-0.39, 0.29) is 11.4 Å². The van der Waals surface area contributed by atoms with Crippen molar-refractivity contribution in [2.24, 2.45) is 0 Å². The van der Waals surface area contributed by atoms with Gasteiger partial charge in [0.05, 0.1) is 10.6 Å². The highest BCUT2D eigenvalue weighted by Crippen LogP contribution is 2.25. The number of hydrogen-bond acceptors (Lipinski definition) is 4. The Hall–Kier alpha value is -2.55. The second-order valence-corrected chi connectivity index (χ2v) is 6.09. The van der Waals surface area contributed by atoms with Gasteiger partial charge in [0, 0.05) is 12.1 Å². The zero-order chi connectivity index (χ0) is 16.5. The first-order valence-electron chi connectivity index (χ1n) is 5.93. The van der Waals surface area contributed by atoms with E-state index in [4.69, 9.17) is 0 Å². The van der Waals surface area contributed by atoms with E-state index < -0.39 is 31.5 Å². The van der Waals surface area contributed by atoms with Crippen LogP contribution in [0.15, 0.2) is 41.3 Å². The van der Waals surface area contributed by atoms with E-state index in [1.165, 1.54) is 19.1 Å². The summed E-state index contributed by atoms with van der Waals surface area (Å²) in [4.78, 5) is 9.15. The highest BCUT2D eigenvalue weighted by Gasteiger charge is 2.21. The Morgan fingerprint density at radius 2 is 1.82 bits per heavy atom. The summed E-state index contributed by atoms with van der Waals surface area (Å²) < 4.78 is 53.0. The number of anilines is 1. The number of non-ortho nitro benzene ring substituents is 1. The molecule has 1 N–H and O–H groups in total. The number of nitrogens with one attached hydrogen (secondary N) is 1. The second kappa shape index (κ2) is 5.68. The lowest BCUT2D eigenvalue weighted by Crippen LogP contribution is -2.15. The average molecular weight is 328 g/mol. The first-order valence-corrected chi connectivity index (χ1v) is 7.42. The molecule has 0 heterocycles. The molecule has 0 amide bonds. The molecule has 0 fully saturated rings. The van der Waals surface area contributed by atoms with E-state index in [0.717, 1.165) is 12.1 Å². The van der Waals surface area contributed by atoms with Gasteiger partial charge in [0.1, 0.15) is 16.5 Å². The van der Waals surface area contributed by atoms with Crippen LogP contribution in [-0.2, 0) is 10.0 Å². The molecule has 0 saturated heterocycles. The van der Waals surface area contributed by atoms with Gasteiger partial charge in [-0.25, -0.2) is 17.2 Å². The molecule has 9 heteroatoms. The van der Waals surface area contributed by atoms with Crippen LogP contribution in [0.4, 0.5) is 20.2 Å². The number of aryl methyl sites for hydroxylation is 1. The normalized spacial score (nSPS) is 11.2. The van der Waals surface area contributed by atoms with E-state index in [9.17, 15) is 27.3 Å². The minimum Gasteiger partial charge on any atom is -0.279 e. The fourth-order valence-corrected chi connectivity index (χ4v) is 2.93. The summed E-state index contributed by atoms with van der Waals surface area (Å²) in [6.07, 6.45) is 0. The molecule has 0 aromatic heterocycles. The Bertz CT molecular complexity index is 853. The van der Waals surface area contributed by atoms with E-state index in [0.29, 0.717) is 17.7 Å². The number of hydrogen-bond donors (Lipinski definition) is 1. The van der Waals surface area contributed by atoms with Crippen LogP contribution in [-0.4, -0.2) is 13.3 Å². The first kappa shape index (κ1) is 15.8. The summed E-state index contributed by atoms with van der Waals surface area (Å²) in [6, 6.07) is 5.55. The van der Waals surface area contributed by atoms with Crippen LogP contribution in [0.5, 0.6) is 0 Å². The van der Waals surface area contributed by atoms with Gasteiger partial charge in [-0.2, -0.15) is 0 Å². The molecule has 6 nitrogen and oxygen atoms in total. The van der Waals surface area contributed by atoms with Gasteiger partial charge in [0.15, 0.2) is 0 Å². The summed E-state index contributed by atoms with van der Waals surface area (Å²) in [5, 5.41) is 10.7. The molecule has 0 aliphatic heterocycles. The van der Waals surface area contributed by atoms with Gasteiger partial charge in [-0.3, -0.25) is 14.8 Å². The maximum Gasteiger partial charge on any atom is 0.271 e. The third kappa shape index (κ3) is 3.19. The highest BCUT2D eigenvalue weighted by atomic mass is 32.2. The van der Waals surface area contributed by atoms with Crippen molar-refractivity contribution in [3.63, 3.8) is 0 Å². The van der Waals surface area contributed by atoms with Gasteiger partial charge in [0.2, 0.25) is 0 Å². The van der Waals surface area contributed by atoms with E-state index in [1.54, 1.807) is 0 Å². The molecule has 2 rings (SSSR count). The van der Waals surface area contributed by atoms with Crippen LogP contribution in [0.3, 0.4) is 0 Å². The van der Waals surface area contributed by atoms with E-state index in [2.05, 4.69) is 0 Å². The van der Waals surface area contributed by atoms with Crippen molar-refractivity contribution in [2.75, 3.05) is 4.72 Å². The fourth-order valence-electron chi connectivity index (χ4n) is 1.72. The molecule has 2 aromatic carbocycles. The average Bonchev–Trinajstić information content (AvgIpc) is 2.43. The Labute approximate surface area is 124 Å². The highest BCUT2D eigenvalue weighted by molar-refractivity contribution is 7.92. The van der Waals surface area contributed by atoms with Gasteiger partial charge < -0.3 is 0 Å². The summed E-state index contributed by atoms with van der Waals surface area (Å²) in [5.41, 5.74) is -0.0214. The van der Waals surface area contributed by atoms with Crippen LogP contribution >= 0.6 is 0 Å². The molecule has 2 aromatic rings. The summed E-state index contributed by atoms with van der Waals surface area (Å²) in [5.74, 6) is -2.05. The van der Waals surface area contributed by atoms with Crippen molar-refractivity contribution >= 4 is 21.4 Å². The second-order valence-electron chi connectivity index (χ2n) is 4.44. The van der Waals surface area contributed by atoms with E-state index >= 15 is 0 Å². The molecule has 0 aliphatic carbocycles.